The fourth-order valence-electron chi connectivity index (χ4n) is 1.71. The van der Waals surface area contributed by atoms with Crippen molar-refractivity contribution in [3.05, 3.63) is 24.3 Å². The van der Waals surface area contributed by atoms with E-state index in [1.165, 1.54) is 6.42 Å². The van der Waals surface area contributed by atoms with E-state index in [-0.39, 0.29) is 6.10 Å². The number of amidine groups is 1. The first-order valence-corrected chi connectivity index (χ1v) is 7.30. The third-order valence-electron chi connectivity index (χ3n) is 2.65. The third kappa shape index (κ3) is 3.67. The molecule has 98 valence electrons. The number of nitrogens with zero attached hydrogens (tertiary/aromatic N) is 1. The monoisotopic (exact) mass is 264 g/mol. The number of aliphatic imine (C=N–C) groups is 1. The van der Waals surface area contributed by atoms with Crippen molar-refractivity contribution in [2.75, 3.05) is 11.9 Å². The molecule has 2 rings (SSSR count). The van der Waals surface area contributed by atoms with Gasteiger partial charge >= 0.3 is 0 Å². The molecule has 0 fully saturated rings. The fourth-order valence-corrected chi connectivity index (χ4v) is 2.67. The van der Waals surface area contributed by atoms with Crippen LogP contribution in [0.3, 0.4) is 0 Å². The maximum atomic E-state index is 5.61. The molecular formula is C14H20N2OS. The van der Waals surface area contributed by atoms with Crippen molar-refractivity contribution in [2.45, 2.75) is 38.5 Å². The zero-order chi connectivity index (χ0) is 13.0. The van der Waals surface area contributed by atoms with E-state index < -0.39 is 0 Å². The maximum Gasteiger partial charge on any atom is 0.161 e. The Bertz CT molecular complexity index is 414. The van der Waals surface area contributed by atoms with Crippen LogP contribution in [-0.4, -0.2) is 23.1 Å². The molecule has 0 bridgehead atoms. The van der Waals surface area contributed by atoms with E-state index in [1.807, 2.05) is 49.9 Å². The van der Waals surface area contributed by atoms with E-state index in [9.17, 15) is 0 Å². The number of anilines is 1. The van der Waals surface area contributed by atoms with Crippen molar-refractivity contribution in [3.63, 3.8) is 0 Å². The number of nitrogens with one attached hydrogen (secondary N) is 1. The molecule has 0 amide bonds. The minimum absolute atomic E-state index is 0.212. The van der Waals surface area contributed by atoms with Crippen molar-refractivity contribution in [1.29, 1.82) is 0 Å². The number of rotatable bonds is 4. The molecule has 3 nitrogen and oxygen atoms in total. The van der Waals surface area contributed by atoms with Crippen LogP contribution in [0.5, 0.6) is 5.75 Å². The summed E-state index contributed by atoms with van der Waals surface area (Å²) in [5, 5.41) is 5.01. The fraction of sp³-hybridized carbons (Fsp3) is 0.500. The van der Waals surface area contributed by atoms with E-state index >= 15 is 0 Å². The van der Waals surface area contributed by atoms with Gasteiger partial charge in [-0.05, 0) is 44.5 Å². The first-order chi connectivity index (χ1) is 8.67. The summed E-state index contributed by atoms with van der Waals surface area (Å²) in [6, 6.07) is 8.03. The molecule has 1 N–H and O–H groups in total. The average molecular weight is 264 g/mol. The Morgan fingerprint density at radius 2 is 2.11 bits per heavy atom. The van der Waals surface area contributed by atoms with Gasteiger partial charge in [0.15, 0.2) is 5.17 Å². The summed E-state index contributed by atoms with van der Waals surface area (Å²) in [5.41, 5.74) is 1.06. The van der Waals surface area contributed by atoms with Crippen LogP contribution in [0.25, 0.3) is 0 Å². The number of hydrogen-bond donors (Lipinski definition) is 1. The van der Waals surface area contributed by atoms with E-state index in [1.54, 1.807) is 0 Å². The lowest BCUT2D eigenvalue weighted by Crippen LogP contribution is -2.07. The summed E-state index contributed by atoms with van der Waals surface area (Å²) in [4.78, 5) is 4.49. The SMILES string of the molecule is CCC1CN=C(Nc2ccc(OC(C)C)cc2)S1. The zero-order valence-electron chi connectivity index (χ0n) is 11.1. The van der Waals surface area contributed by atoms with Gasteiger partial charge in [-0.25, -0.2) is 0 Å². The van der Waals surface area contributed by atoms with Gasteiger partial charge in [0.25, 0.3) is 0 Å². The molecule has 1 aliphatic rings. The standard InChI is InChI=1S/C14H20N2OS/c1-4-13-9-15-14(18-13)16-11-5-7-12(8-6-11)17-10(2)3/h5-8,10,13H,4,9H2,1-3H3,(H,15,16). The highest BCUT2D eigenvalue weighted by molar-refractivity contribution is 8.15. The Morgan fingerprint density at radius 1 is 1.39 bits per heavy atom. The minimum Gasteiger partial charge on any atom is -0.491 e. The summed E-state index contributed by atoms with van der Waals surface area (Å²) in [6.07, 6.45) is 1.38. The molecule has 1 aromatic carbocycles. The Hall–Kier alpha value is -1.16. The molecule has 0 aliphatic carbocycles. The Labute approximate surface area is 113 Å². The molecule has 0 radical (unpaired) electrons. The Kier molecular flexibility index (Phi) is 4.53. The van der Waals surface area contributed by atoms with Crippen molar-refractivity contribution in [3.8, 4) is 5.75 Å². The van der Waals surface area contributed by atoms with Gasteiger partial charge in [0.1, 0.15) is 5.75 Å². The minimum atomic E-state index is 0.212. The van der Waals surface area contributed by atoms with Crippen LogP contribution in [0.1, 0.15) is 27.2 Å². The molecule has 0 spiro atoms. The highest BCUT2D eigenvalue weighted by atomic mass is 32.2. The van der Waals surface area contributed by atoms with Gasteiger partial charge in [0, 0.05) is 10.9 Å². The summed E-state index contributed by atoms with van der Waals surface area (Å²) < 4.78 is 5.61. The van der Waals surface area contributed by atoms with Crippen molar-refractivity contribution < 1.29 is 4.74 Å². The van der Waals surface area contributed by atoms with Gasteiger partial charge in [-0.3, -0.25) is 4.99 Å². The quantitative estimate of drug-likeness (QED) is 0.898. The van der Waals surface area contributed by atoms with Crippen LogP contribution in [0.4, 0.5) is 5.69 Å². The molecular weight excluding hydrogens is 244 g/mol. The molecule has 1 aromatic rings. The Morgan fingerprint density at radius 3 is 2.67 bits per heavy atom. The van der Waals surface area contributed by atoms with Crippen LogP contribution in [0, 0.1) is 0 Å². The van der Waals surface area contributed by atoms with Crippen LogP contribution in [0.2, 0.25) is 0 Å². The van der Waals surface area contributed by atoms with Gasteiger partial charge in [-0.15, -0.1) is 0 Å². The third-order valence-corrected chi connectivity index (χ3v) is 3.92. The van der Waals surface area contributed by atoms with E-state index in [2.05, 4.69) is 17.2 Å². The molecule has 1 aliphatic heterocycles. The first-order valence-electron chi connectivity index (χ1n) is 6.42. The van der Waals surface area contributed by atoms with E-state index in [0.29, 0.717) is 5.25 Å². The molecule has 0 saturated carbocycles. The molecule has 4 heteroatoms. The number of thioether (sulfide) groups is 1. The second-order valence-corrected chi connectivity index (χ2v) is 5.90. The molecule has 0 saturated heterocycles. The predicted molar refractivity (Wildman–Crippen MR) is 79.8 cm³/mol. The molecule has 1 heterocycles. The van der Waals surface area contributed by atoms with Gasteiger partial charge in [-0.1, -0.05) is 18.7 Å². The lowest BCUT2D eigenvalue weighted by Gasteiger charge is -2.11. The van der Waals surface area contributed by atoms with Crippen molar-refractivity contribution in [1.82, 2.24) is 0 Å². The summed E-state index contributed by atoms with van der Waals surface area (Å²) in [7, 11) is 0. The van der Waals surface area contributed by atoms with Crippen molar-refractivity contribution >= 4 is 22.6 Å². The van der Waals surface area contributed by atoms with Gasteiger partial charge < -0.3 is 10.1 Å². The second-order valence-electron chi connectivity index (χ2n) is 4.61. The highest BCUT2D eigenvalue weighted by Crippen LogP contribution is 2.25. The van der Waals surface area contributed by atoms with Gasteiger partial charge in [0.05, 0.1) is 12.6 Å². The van der Waals surface area contributed by atoms with Gasteiger partial charge in [-0.2, -0.15) is 0 Å². The number of benzene rings is 1. The Balaban J connectivity index is 1.91. The highest BCUT2D eigenvalue weighted by Gasteiger charge is 2.17. The summed E-state index contributed by atoms with van der Waals surface area (Å²) >= 11 is 1.83. The number of hydrogen-bond acceptors (Lipinski definition) is 4. The molecule has 0 aromatic heterocycles. The summed E-state index contributed by atoms with van der Waals surface area (Å²) in [6.45, 7) is 7.19. The van der Waals surface area contributed by atoms with Crippen LogP contribution in [0.15, 0.2) is 29.3 Å². The van der Waals surface area contributed by atoms with Crippen molar-refractivity contribution in [2.24, 2.45) is 4.99 Å². The molecule has 1 atom stereocenters. The second kappa shape index (κ2) is 6.14. The normalized spacial score (nSPS) is 18.9. The first kappa shape index (κ1) is 13.3. The van der Waals surface area contributed by atoms with E-state index in [0.717, 1.165) is 23.1 Å². The zero-order valence-corrected chi connectivity index (χ0v) is 12.0. The van der Waals surface area contributed by atoms with Crippen LogP contribution in [-0.2, 0) is 0 Å². The predicted octanol–water partition coefficient (Wildman–Crippen LogP) is 3.77. The lowest BCUT2D eigenvalue weighted by atomic mass is 10.3. The largest absolute Gasteiger partial charge is 0.491 e. The van der Waals surface area contributed by atoms with Crippen LogP contribution >= 0.6 is 11.8 Å². The number of ether oxygens (including phenoxy) is 1. The van der Waals surface area contributed by atoms with E-state index in [4.69, 9.17) is 4.74 Å². The van der Waals surface area contributed by atoms with Crippen LogP contribution < -0.4 is 10.1 Å². The molecule has 18 heavy (non-hydrogen) atoms. The smallest absolute Gasteiger partial charge is 0.161 e. The molecule has 1 unspecified atom stereocenters. The summed E-state index contributed by atoms with van der Waals surface area (Å²) in [5.74, 6) is 0.906. The average Bonchev–Trinajstić information content (AvgIpc) is 2.79. The van der Waals surface area contributed by atoms with Gasteiger partial charge in [0.2, 0.25) is 0 Å². The topological polar surface area (TPSA) is 33.6 Å². The maximum absolute atomic E-state index is 5.61. The lowest BCUT2D eigenvalue weighted by molar-refractivity contribution is 0.242.